The fraction of sp³-hybridized carbons (Fsp3) is 0.562. The Balaban J connectivity index is 1.76. The molecule has 1 aliphatic carbocycles. The maximum Gasteiger partial charge on any atom is 0.238 e. The first-order valence-electron chi connectivity index (χ1n) is 7.33. The minimum absolute atomic E-state index is 0.0261. The molecule has 0 heterocycles. The summed E-state index contributed by atoms with van der Waals surface area (Å²) in [7, 11) is 0. The van der Waals surface area contributed by atoms with E-state index < -0.39 is 0 Å². The highest BCUT2D eigenvalue weighted by atomic mass is 79.9. The van der Waals surface area contributed by atoms with Crippen LogP contribution in [0, 0.1) is 11.8 Å². The summed E-state index contributed by atoms with van der Waals surface area (Å²) in [4.78, 5) is 11.9. The van der Waals surface area contributed by atoms with Crippen LogP contribution < -0.4 is 10.6 Å². The molecule has 3 atom stereocenters. The van der Waals surface area contributed by atoms with Crippen molar-refractivity contribution in [3.05, 3.63) is 28.7 Å². The number of benzene rings is 1. The van der Waals surface area contributed by atoms with Gasteiger partial charge in [-0.2, -0.15) is 0 Å². The van der Waals surface area contributed by atoms with Crippen LogP contribution in [0.2, 0.25) is 0 Å². The Hall–Kier alpha value is -0.870. The van der Waals surface area contributed by atoms with E-state index in [0.717, 1.165) is 16.1 Å². The molecule has 3 unspecified atom stereocenters. The zero-order valence-electron chi connectivity index (χ0n) is 12.2. The van der Waals surface area contributed by atoms with Crippen molar-refractivity contribution in [3.8, 4) is 0 Å². The number of amides is 1. The molecule has 3 nitrogen and oxygen atoms in total. The van der Waals surface area contributed by atoms with Gasteiger partial charge in [-0.25, -0.2) is 0 Å². The van der Waals surface area contributed by atoms with Gasteiger partial charge >= 0.3 is 0 Å². The van der Waals surface area contributed by atoms with Crippen molar-refractivity contribution >= 4 is 27.5 Å². The number of anilines is 1. The van der Waals surface area contributed by atoms with Gasteiger partial charge in [-0.05, 0) is 55.4 Å². The van der Waals surface area contributed by atoms with Crippen molar-refractivity contribution in [2.45, 2.75) is 39.2 Å². The Bertz CT molecular complexity index is 446. The summed E-state index contributed by atoms with van der Waals surface area (Å²) in [5.41, 5.74) is 0.838. The molecule has 1 saturated carbocycles. The lowest BCUT2D eigenvalue weighted by molar-refractivity contribution is -0.115. The molecule has 0 aliphatic heterocycles. The molecule has 4 heteroatoms. The smallest absolute Gasteiger partial charge is 0.238 e. The summed E-state index contributed by atoms with van der Waals surface area (Å²) in [6.45, 7) is 4.98. The van der Waals surface area contributed by atoms with E-state index in [2.05, 4.69) is 40.4 Å². The van der Waals surface area contributed by atoms with Crippen molar-refractivity contribution in [2.24, 2.45) is 11.8 Å². The molecular weight excluding hydrogens is 316 g/mol. The lowest BCUT2D eigenvalue weighted by atomic mass is 9.80. The van der Waals surface area contributed by atoms with E-state index in [4.69, 9.17) is 0 Å². The second-order valence-corrected chi connectivity index (χ2v) is 6.85. The maximum absolute atomic E-state index is 11.9. The summed E-state index contributed by atoms with van der Waals surface area (Å²) >= 11 is 3.38. The molecule has 2 N–H and O–H groups in total. The van der Waals surface area contributed by atoms with E-state index in [1.54, 1.807) is 0 Å². The Kier molecular flexibility index (Phi) is 5.61. The van der Waals surface area contributed by atoms with Gasteiger partial charge in [-0.3, -0.25) is 4.79 Å². The van der Waals surface area contributed by atoms with E-state index in [9.17, 15) is 4.79 Å². The summed E-state index contributed by atoms with van der Waals surface area (Å²) < 4.78 is 1.01. The standard InChI is InChI=1S/C16H23BrN2O/c1-11-3-8-15(12(2)9-11)18-10-16(20)19-14-6-4-13(17)5-7-14/h4-7,11-12,15,18H,3,8-10H2,1-2H3,(H,19,20). The van der Waals surface area contributed by atoms with E-state index in [1.807, 2.05) is 24.3 Å². The Labute approximate surface area is 129 Å². The summed E-state index contributed by atoms with van der Waals surface area (Å²) in [5, 5.41) is 6.31. The second kappa shape index (κ2) is 7.23. The first-order valence-corrected chi connectivity index (χ1v) is 8.12. The number of carbonyl (C=O) groups is 1. The third kappa shape index (κ3) is 4.60. The average Bonchev–Trinajstić information content (AvgIpc) is 2.40. The second-order valence-electron chi connectivity index (χ2n) is 5.94. The third-order valence-corrected chi connectivity index (χ3v) is 4.61. The lowest BCUT2D eigenvalue weighted by Gasteiger charge is -2.33. The van der Waals surface area contributed by atoms with Crippen LogP contribution in [0.4, 0.5) is 5.69 Å². The van der Waals surface area contributed by atoms with Crippen molar-refractivity contribution in [1.29, 1.82) is 0 Å². The molecule has 0 aromatic heterocycles. The van der Waals surface area contributed by atoms with Crippen LogP contribution in [0.5, 0.6) is 0 Å². The highest BCUT2D eigenvalue weighted by Gasteiger charge is 2.25. The zero-order valence-corrected chi connectivity index (χ0v) is 13.7. The van der Waals surface area contributed by atoms with Gasteiger partial charge in [0, 0.05) is 16.2 Å². The Morgan fingerprint density at radius 2 is 1.95 bits per heavy atom. The maximum atomic E-state index is 11.9. The van der Waals surface area contributed by atoms with Crippen LogP contribution in [0.3, 0.4) is 0 Å². The van der Waals surface area contributed by atoms with Gasteiger partial charge in [0.1, 0.15) is 0 Å². The van der Waals surface area contributed by atoms with Crippen LogP contribution >= 0.6 is 15.9 Å². The van der Waals surface area contributed by atoms with Crippen LogP contribution in [0.15, 0.2) is 28.7 Å². The normalized spacial score (nSPS) is 26.2. The molecule has 110 valence electrons. The molecule has 0 spiro atoms. The first-order chi connectivity index (χ1) is 9.54. The quantitative estimate of drug-likeness (QED) is 0.876. The molecular formula is C16H23BrN2O. The van der Waals surface area contributed by atoms with Gasteiger partial charge in [0.25, 0.3) is 0 Å². The Morgan fingerprint density at radius 3 is 2.60 bits per heavy atom. The minimum atomic E-state index is 0.0261. The predicted molar refractivity (Wildman–Crippen MR) is 86.7 cm³/mol. The van der Waals surface area contributed by atoms with Gasteiger partial charge in [0.15, 0.2) is 0 Å². The van der Waals surface area contributed by atoms with Gasteiger partial charge in [-0.1, -0.05) is 29.8 Å². The van der Waals surface area contributed by atoms with Gasteiger partial charge in [-0.15, -0.1) is 0 Å². The molecule has 1 aromatic rings. The Morgan fingerprint density at radius 1 is 1.25 bits per heavy atom. The largest absolute Gasteiger partial charge is 0.325 e. The molecule has 1 fully saturated rings. The third-order valence-electron chi connectivity index (χ3n) is 4.08. The average molecular weight is 339 g/mol. The number of hydrogen-bond acceptors (Lipinski definition) is 2. The number of rotatable bonds is 4. The summed E-state index contributed by atoms with van der Waals surface area (Å²) in [6, 6.07) is 8.11. The number of hydrogen-bond donors (Lipinski definition) is 2. The van der Waals surface area contributed by atoms with Crippen molar-refractivity contribution in [2.75, 3.05) is 11.9 Å². The summed E-state index contributed by atoms with van der Waals surface area (Å²) in [5.74, 6) is 1.50. The molecule has 1 amide bonds. The van der Waals surface area contributed by atoms with Crippen LogP contribution in [0.1, 0.15) is 33.1 Å². The SMILES string of the molecule is CC1CCC(NCC(=O)Nc2ccc(Br)cc2)C(C)C1. The number of halogens is 1. The van der Waals surface area contributed by atoms with E-state index in [-0.39, 0.29) is 5.91 Å². The van der Waals surface area contributed by atoms with E-state index in [1.165, 1.54) is 19.3 Å². The van der Waals surface area contributed by atoms with E-state index in [0.29, 0.717) is 18.5 Å². The van der Waals surface area contributed by atoms with E-state index >= 15 is 0 Å². The number of nitrogens with one attached hydrogen (secondary N) is 2. The number of carbonyl (C=O) groups excluding carboxylic acids is 1. The summed E-state index contributed by atoms with van der Waals surface area (Å²) in [6.07, 6.45) is 3.69. The molecule has 1 aromatic carbocycles. The molecule has 0 saturated heterocycles. The molecule has 20 heavy (non-hydrogen) atoms. The molecule has 0 radical (unpaired) electrons. The van der Waals surface area contributed by atoms with Crippen LogP contribution in [-0.2, 0) is 4.79 Å². The minimum Gasteiger partial charge on any atom is -0.325 e. The highest BCUT2D eigenvalue weighted by Crippen LogP contribution is 2.28. The first kappa shape index (κ1) is 15.5. The zero-order chi connectivity index (χ0) is 14.5. The predicted octanol–water partition coefficient (Wildman–Crippen LogP) is 3.80. The van der Waals surface area contributed by atoms with Crippen LogP contribution in [-0.4, -0.2) is 18.5 Å². The molecule has 2 rings (SSSR count). The van der Waals surface area contributed by atoms with Crippen molar-refractivity contribution in [3.63, 3.8) is 0 Å². The van der Waals surface area contributed by atoms with Gasteiger partial charge in [0.05, 0.1) is 6.54 Å². The molecule has 0 bridgehead atoms. The van der Waals surface area contributed by atoms with Crippen molar-refractivity contribution in [1.82, 2.24) is 5.32 Å². The van der Waals surface area contributed by atoms with Gasteiger partial charge < -0.3 is 10.6 Å². The van der Waals surface area contributed by atoms with Crippen molar-refractivity contribution < 1.29 is 4.79 Å². The highest BCUT2D eigenvalue weighted by molar-refractivity contribution is 9.10. The van der Waals surface area contributed by atoms with Crippen LogP contribution in [0.25, 0.3) is 0 Å². The van der Waals surface area contributed by atoms with Gasteiger partial charge in [0.2, 0.25) is 5.91 Å². The fourth-order valence-corrected chi connectivity index (χ4v) is 3.20. The lowest BCUT2D eigenvalue weighted by Crippen LogP contribution is -2.42. The molecule has 1 aliphatic rings. The monoisotopic (exact) mass is 338 g/mol. The topological polar surface area (TPSA) is 41.1 Å². The fourth-order valence-electron chi connectivity index (χ4n) is 2.93.